The summed E-state index contributed by atoms with van der Waals surface area (Å²) in [7, 11) is 0. The number of tetrazole rings is 1. The van der Waals surface area contributed by atoms with Gasteiger partial charge in [0.1, 0.15) is 5.82 Å². The highest BCUT2D eigenvalue weighted by atomic mass is 16.5. The van der Waals surface area contributed by atoms with E-state index in [1.54, 1.807) is 12.3 Å². The Hall–Kier alpha value is -2.81. The van der Waals surface area contributed by atoms with E-state index in [9.17, 15) is 0 Å². The van der Waals surface area contributed by atoms with Crippen molar-refractivity contribution in [2.75, 3.05) is 36.5 Å². The molecule has 0 bridgehead atoms. The predicted molar refractivity (Wildman–Crippen MR) is 79.1 cm³/mol. The Balaban J connectivity index is 1.50. The molecule has 22 heavy (non-hydrogen) atoms. The summed E-state index contributed by atoms with van der Waals surface area (Å²) in [6.07, 6.45) is 1.79. The van der Waals surface area contributed by atoms with Crippen LogP contribution in [0.5, 0.6) is 0 Å². The number of ether oxygens (including phenoxy) is 1. The summed E-state index contributed by atoms with van der Waals surface area (Å²) in [5.41, 5.74) is 1.46. The second kappa shape index (κ2) is 5.53. The highest BCUT2D eigenvalue weighted by molar-refractivity contribution is 5.58. The van der Waals surface area contributed by atoms with E-state index in [0.29, 0.717) is 11.5 Å². The topological polar surface area (TPSA) is 93.4 Å². The number of rotatable bonds is 3. The van der Waals surface area contributed by atoms with Gasteiger partial charge >= 0.3 is 0 Å². The van der Waals surface area contributed by atoms with Gasteiger partial charge in [-0.15, -0.1) is 14.8 Å². The Bertz CT molecular complexity index is 765. The van der Waals surface area contributed by atoms with E-state index in [2.05, 4.69) is 35.8 Å². The van der Waals surface area contributed by atoms with Crippen LogP contribution in [0.25, 0.3) is 5.65 Å². The number of morpholine rings is 1. The highest BCUT2D eigenvalue weighted by Gasteiger charge is 2.12. The summed E-state index contributed by atoms with van der Waals surface area (Å²) >= 11 is 0. The molecule has 0 radical (unpaired) electrons. The molecule has 0 unspecified atom stereocenters. The largest absolute Gasteiger partial charge is 0.378 e. The van der Waals surface area contributed by atoms with Gasteiger partial charge in [0.05, 0.1) is 25.1 Å². The zero-order valence-electron chi connectivity index (χ0n) is 11.8. The van der Waals surface area contributed by atoms with Gasteiger partial charge in [-0.05, 0) is 34.7 Å². The standard InChI is InChI=1S/C13H14N8O/c1-3-12(20-5-7-22-8-6-20)14-9-10(1)15-11-2-4-13-16-18-19-21(13)17-11/h1-4,9H,5-8H2,(H,15,17). The van der Waals surface area contributed by atoms with Gasteiger partial charge in [0.25, 0.3) is 0 Å². The van der Waals surface area contributed by atoms with E-state index in [-0.39, 0.29) is 0 Å². The Kier molecular flexibility index (Phi) is 3.24. The van der Waals surface area contributed by atoms with Crippen LogP contribution >= 0.6 is 0 Å². The Morgan fingerprint density at radius 1 is 1.09 bits per heavy atom. The molecule has 0 aromatic carbocycles. The van der Waals surface area contributed by atoms with Gasteiger partial charge in [0, 0.05) is 13.1 Å². The van der Waals surface area contributed by atoms with E-state index in [4.69, 9.17) is 4.74 Å². The SMILES string of the molecule is c1cc(N2CCOCC2)ncc1Nc1ccc2nnnn2n1. The predicted octanol–water partition coefficient (Wildman–Crippen LogP) is 0.494. The molecule has 9 heteroatoms. The first-order valence-electron chi connectivity index (χ1n) is 7.00. The van der Waals surface area contributed by atoms with E-state index < -0.39 is 0 Å². The van der Waals surface area contributed by atoms with Gasteiger partial charge in [0.2, 0.25) is 0 Å². The van der Waals surface area contributed by atoms with Gasteiger partial charge in [-0.3, -0.25) is 0 Å². The lowest BCUT2D eigenvalue weighted by Gasteiger charge is -2.27. The number of hydrogen-bond donors (Lipinski definition) is 1. The van der Waals surface area contributed by atoms with Crippen molar-refractivity contribution in [3.63, 3.8) is 0 Å². The van der Waals surface area contributed by atoms with Crippen molar-refractivity contribution in [1.29, 1.82) is 0 Å². The molecule has 1 aliphatic heterocycles. The van der Waals surface area contributed by atoms with E-state index in [1.807, 2.05) is 18.2 Å². The van der Waals surface area contributed by atoms with Gasteiger partial charge in [-0.1, -0.05) is 0 Å². The van der Waals surface area contributed by atoms with E-state index >= 15 is 0 Å². The molecule has 9 nitrogen and oxygen atoms in total. The lowest BCUT2D eigenvalue weighted by molar-refractivity contribution is 0.122. The van der Waals surface area contributed by atoms with Crippen molar-refractivity contribution in [3.05, 3.63) is 30.5 Å². The molecule has 0 aliphatic carbocycles. The summed E-state index contributed by atoms with van der Waals surface area (Å²) < 4.78 is 6.72. The molecule has 1 fully saturated rings. The van der Waals surface area contributed by atoms with Crippen molar-refractivity contribution in [2.24, 2.45) is 0 Å². The molecule has 112 valence electrons. The maximum Gasteiger partial charge on any atom is 0.200 e. The number of nitrogens with zero attached hydrogens (tertiary/aromatic N) is 7. The van der Waals surface area contributed by atoms with Crippen LogP contribution in [0, 0.1) is 0 Å². The molecule has 4 rings (SSSR count). The maximum absolute atomic E-state index is 5.34. The highest BCUT2D eigenvalue weighted by Crippen LogP contribution is 2.18. The smallest absolute Gasteiger partial charge is 0.200 e. The maximum atomic E-state index is 5.34. The first-order chi connectivity index (χ1) is 10.9. The van der Waals surface area contributed by atoms with Crippen LogP contribution < -0.4 is 10.2 Å². The number of pyridine rings is 1. The first kappa shape index (κ1) is 12.9. The minimum absolute atomic E-state index is 0.603. The second-order valence-electron chi connectivity index (χ2n) is 4.87. The van der Waals surface area contributed by atoms with Crippen LogP contribution in [0.2, 0.25) is 0 Å². The fraction of sp³-hybridized carbons (Fsp3) is 0.308. The molecule has 0 amide bonds. The minimum Gasteiger partial charge on any atom is -0.378 e. The molecule has 0 saturated carbocycles. The third-order valence-electron chi connectivity index (χ3n) is 3.42. The summed E-state index contributed by atoms with van der Waals surface area (Å²) in [5.74, 6) is 1.61. The Morgan fingerprint density at radius 2 is 2.00 bits per heavy atom. The van der Waals surface area contributed by atoms with Crippen LogP contribution in [-0.4, -0.2) is 56.5 Å². The van der Waals surface area contributed by atoms with Crippen LogP contribution in [0.1, 0.15) is 0 Å². The summed E-state index contributed by atoms with van der Waals surface area (Å²) in [5, 5.41) is 18.6. The number of aromatic nitrogens is 6. The van der Waals surface area contributed by atoms with Crippen LogP contribution in [0.4, 0.5) is 17.3 Å². The lowest BCUT2D eigenvalue weighted by atomic mass is 10.3. The van der Waals surface area contributed by atoms with Gasteiger partial charge in [-0.2, -0.15) is 0 Å². The Morgan fingerprint density at radius 3 is 2.82 bits per heavy atom. The van der Waals surface area contributed by atoms with Crippen molar-refractivity contribution in [1.82, 2.24) is 30.2 Å². The zero-order chi connectivity index (χ0) is 14.8. The number of nitrogens with one attached hydrogen (secondary N) is 1. The Labute approximate surface area is 125 Å². The monoisotopic (exact) mass is 298 g/mol. The molecule has 1 saturated heterocycles. The van der Waals surface area contributed by atoms with Gasteiger partial charge < -0.3 is 15.0 Å². The van der Waals surface area contributed by atoms with Crippen molar-refractivity contribution >= 4 is 23.0 Å². The average Bonchev–Trinajstić information content (AvgIpc) is 3.04. The van der Waals surface area contributed by atoms with Crippen LogP contribution in [0.15, 0.2) is 30.5 Å². The molecule has 1 N–H and O–H groups in total. The average molecular weight is 298 g/mol. The quantitative estimate of drug-likeness (QED) is 0.747. The van der Waals surface area contributed by atoms with Gasteiger partial charge in [0.15, 0.2) is 11.5 Å². The van der Waals surface area contributed by atoms with Crippen molar-refractivity contribution in [2.45, 2.75) is 0 Å². The van der Waals surface area contributed by atoms with Gasteiger partial charge in [-0.25, -0.2) is 4.98 Å². The van der Waals surface area contributed by atoms with Crippen LogP contribution in [0.3, 0.4) is 0 Å². The van der Waals surface area contributed by atoms with Crippen molar-refractivity contribution in [3.8, 4) is 0 Å². The molecule has 0 spiro atoms. The van der Waals surface area contributed by atoms with E-state index in [0.717, 1.165) is 37.8 Å². The second-order valence-corrected chi connectivity index (χ2v) is 4.87. The molecular formula is C13H14N8O. The molecular weight excluding hydrogens is 284 g/mol. The molecule has 1 aliphatic rings. The molecule has 3 aromatic rings. The molecule has 4 heterocycles. The third-order valence-corrected chi connectivity index (χ3v) is 3.42. The summed E-state index contributed by atoms with van der Waals surface area (Å²) in [4.78, 5) is 6.69. The van der Waals surface area contributed by atoms with Crippen molar-refractivity contribution < 1.29 is 4.74 Å². The number of fused-ring (bicyclic) bond motifs is 1. The summed E-state index contributed by atoms with van der Waals surface area (Å²) in [6, 6.07) is 7.58. The first-order valence-corrected chi connectivity index (χ1v) is 7.00. The lowest BCUT2D eigenvalue weighted by Crippen LogP contribution is -2.36. The number of anilines is 3. The normalized spacial score (nSPS) is 15.2. The molecule has 0 atom stereocenters. The summed E-state index contributed by atoms with van der Waals surface area (Å²) in [6.45, 7) is 3.24. The zero-order valence-corrected chi connectivity index (χ0v) is 11.8. The number of hydrogen-bond acceptors (Lipinski definition) is 8. The fourth-order valence-electron chi connectivity index (χ4n) is 2.30. The third kappa shape index (κ3) is 2.53. The van der Waals surface area contributed by atoms with Crippen LogP contribution in [-0.2, 0) is 4.74 Å². The van der Waals surface area contributed by atoms with E-state index in [1.165, 1.54) is 4.63 Å². The molecule has 3 aromatic heterocycles. The minimum atomic E-state index is 0.603. The fourth-order valence-corrected chi connectivity index (χ4v) is 2.30.